The van der Waals surface area contributed by atoms with Crippen LogP contribution >= 0.6 is 0 Å². The quantitative estimate of drug-likeness (QED) is 0.777. The molecule has 0 radical (unpaired) electrons. The fourth-order valence-corrected chi connectivity index (χ4v) is 4.90. The zero-order valence-corrected chi connectivity index (χ0v) is 17.8. The molecule has 1 aromatic rings. The van der Waals surface area contributed by atoms with Crippen LogP contribution in [0.1, 0.15) is 69.0 Å². The lowest BCUT2D eigenvalue weighted by atomic mass is 9.95. The molecule has 4 heterocycles. The second kappa shape index (κ2) is 8.78. The fourth-order valence-electron chi connectivity index (χ4n) is 4.90. The molecule has 4 rings (SSSR count). The lowest BCUT2D eigenvalue weighted by Crippen LogP contribution is -2.50. The molecule has 158 valence electrons. The summed E-state index contributed by atoms with van der Waals surface area (Å²) in [7, 11) is 0. The SMILES string of the molecule is CC(=O)N1CCC(c2ncc3c(n2)CCN(C(=O)[C@@H](C)N2CCCCC2)C3)CC1. The largest absolute Gasteiger partial charge is 0.343 e. The Kier molecular flexibility index (Phi) is 6.13. The van der Waals surface area contributed by atoms with Gasteiger partial charge < -0.3 is 9.80 Å². The van der Waals surface area contributed by atoms with Crippen molar-refractivity contribution in [2.24, 2.45) is 0 Å². The van der Waals surface area contributed by atoms with Crippen LogP contribution in [0.3, 0.4) is 0 Å². The minimum absolute atomic E-state index is 0.0384. The van der Waals surface area contributed by atoms with Gasteiger partial charge in [0.1, 0.15) is 5.82 Å². The smallest absolute Gasteiger partial charge is 0.239 e. The van der Waals surface area contributed by atoms with Crippen LogP contribution < -0.4 is 0 Å². The molecule has 1 aromatic heterocycles. The molecule has 1 atom stereocenters. The molecule has 3 aliphatic rings. The molecule has 2 fully saturated rings. The summed E-state index contributed by atoms with van der Waals surface area (Å²) >= 11 is 0. The summed E-state index contributed by atoms with van der Waals surface area (Å²) in [6.45, 7) is 8.69. The van der Waals surface area contributed by atoms with E-state index in [2.05, 4.69) is 16.8 Å². The maximum absolute atomic E-state index is 13.0. The van der Waals surface area contributed by atoms with Gasteiger partial charge in [0.15, 0.2) is 0 Å². The summed E-state index contributed by atoms with van der Waals surface area (Å²) in [6.07, 6.45) is 8.26. The molecule has 0 unspecified atom stereocenters. The van der Waals surface area contributed by atoms with Crippen molar-refractivity contribution in [2.45, 2.75) is 70.9 Å². The lowest BCUT2D eigenvalue weighted by Gasteiger charge is -2.36. The van der Waals surface area contributed by atoms with Crippen LogP contribution in [0.2, 0.25) is 0 Å². The molecule has 7 nitrogen and oxygen atoms in total. The first kappa shape index (κ1) is 20.3. The normalized spacial score (nSPS) is 22.3. The fraction of sp³-hybridized carbons (Fsp3) is 0.727. The first-order valence-electron chi connectivity index (χ1n) is 11.2. The van der Waals surface area contributed by atoms with Crippen LogP contribution in [-0.2, 0) is 22.6 Å². The third-order valence-corrected chi connectivity index (χ3v) is 6.87. The Morgan fingerprint density at radius 2 is 1.76 bits per heavy atom. The average Bonchev–Trinajstić information content (AvgIpc) is 2.78. The number of amides is 2. The number of likely N-dealkylation sites (tertiary alicyclic amines) is 2. The van der Waals surface area contributed by atoms with E-state index >= 15 is 0 Å². The second-order valence-corrected chi connectivity index (χ2v) is 8.76. The number of piperidine rings is 2. The van der Waals surface area contributed by atoms with Crippen molar-refractivity contribution in [1.29, 1.82) is 0 Å². The Hall–Kier alpha value is -2.02. The Morgan fingerprint density at radius 3 is 2.45 bits per heavy atom. The first-order chi connectivity index (χ1) is 14.0. The molecule has 7 heteroatoms. The number of fused-ring (bicyclic) bond motifs is 1. The molecular weight excluding hydrogens is 366 g/mol. The molecule has 0 aliphatic carbocycles. The van der Waals surface area contributed by atoms with Crippen LogP contribution in [0.25, 0.3) is 0 Å². The number of carbonyl (C=O) groups is 2. The van der Waals surface area contributed by atoms with E-state index in [1.54, 1.807) is 6.92 Å². The van der Waals surface area contributed by atoms with Gasteiger partial charge in [0.05, 0.1) is 11.7 Å². The predicted octanol–water partition coefficient (Wildman–Crippen LogP) is 1.96. The molecule has 0 saturated carbocycles. The zero-order valence-electron chi connectivity index (χ0n) is 17.8. The van der Waals surface area contributed by atoms with E-state index in [0.717, 1.165) is 69.1 Å². The topological polar surface area (TPSA) is 69.6 Å². The van der Waals surface area contributed by atoms with E-state index in [0.29, 0.717) is 12.5 Å². The number of aromatic nitrogens is 2. The van der Waals surface area contributed by atoms with E-state index in [9.17, 15) is 9.59 Å². The lowest BCUT2D eigenvalue weighted by molar-refractivity contribution is -0.137. The summed E-state index contributed by atoms with van der Waals surface area (Å²) in [5, 5.41) is 0. The summed E-state index contributed by atoms with van der Waals surface area (Å²) in [5.41, 5.74) is 2.18. The van der Waals surface area contributed by atoms with Crippen molar-refractivity contribution in [3.8, 4) is 0 Å². The summed E-state index contributed by atoms with van der Waals surface area (Å²) in [5.74, 6) is 1.62. The minimum Gasteiger partial charge on any atom is -0.343 e. The zero-order chi connectivity index (χ0) is 20.4. The monoisotopic (exact) mass is 399 g/mol. The van der Waals surface area contributed by atoms with E-state index in [4.69, 9.17) is 4.98 Å². The average molecular weight is 400 g/mol. The Labute approximate surface area is 173 Å². The standard InChI is InChI=1S/C22H33N5O2/c1-16(25-9-4-3-5-10-25)22(29)27-13-8-20-19(15-27)14-23-21(24-20)18-6-11-26(12-7-18)17(2)28/h14,16,18H,3-13,15H2,1-2H3/t16-/m1/s1. The highest BCUT2D eigenvalue weighted by Gasteiger charge is 2.30. The predicted molar refractivity (Wildman–Crippen MR) is 110 cm³/mol. The Bertz CT molecular complexity index is 754. The summed E-state index contributed by atoms with van der Waals surface area (Å²) < 4.78 is 0. The maximum Gasteiger partial charge on any atom is 0.239 e. The van der Waals surface area contributed by atoms with Crippen molar-refractivity contribution in [1.82, 2.24) is 24.7 Å². The Morgan fingerprint density at radius 1 is 1.03 bits per heavy atom. The minimum atomic E-state index is -0.0384. The number of rotatable bonds is 3. The van der Waals surface area contributed by atoms with Gasteiger partial charge in [-0.1, -0.05) is 6.42 Å². The second-order valence-electron chi connectivity index (χ2n) is 8.76. The van der Waals surface area contributed by atoms with Crippen LogP contribution in [0.15, 0.2) is 6.20 Å². The maximum atomic E-state index is 13.0. The van der Waals surface area contributed by atoms with Crippen LogP contribution in [-0.4, -0.2) is 75.2 Å². The van der Waals surface area contributed by atoms with Gasteiger partial charge in [0, 0.05) is 57.2 Å². The molecule has 0 N–H and O–H groups in total. The number of hydrogen-bond donors (Lipinski definition) is 0. The number of hydrogen-bond acceptors (Lipinski definition) is 5. The van der Waals surface area contributed by atoms with E-state index in [1.165, 1.54) is 19.3 Å². The van der Waals surface area contributed by atoms with Gasteiger partial charge in [-0.15, -0.1) is 0 Å². The molecule has 0 bridgehead atoms. The van der Waals surface area contributed by atoms with E-state index in [1.807, 2.05) is 16.0 Å². The molecule has 3 aliphatic heterocycles. The van der Waals surface area contributed by atoms with Crippen molar-refractivity contribution in [2.75, 3.05) is 32.7 Å². The Balaban J connectivity index is 1.38. The molecule has 0 aromatic carbocycles. The van der Waals surface area contributed by atoms with Gasteiger partial charge in [-0.3, -0.25) is 14.5 Å². The van der Waals surface area contributed by atoms with E-state index < -0.39 is 0 Å². The van der Waals surface area contributed by atoms with Crippen LogP contribution in [0.4, 0.5) is 0 Å². The molecule has 0 spiro atoms. The summed E-state index contributed by atoms with van der Waals surface area (Å²) in [4.78, 5) is 40.3. The van der Waals surface area contributed by atoms with Gasteiger partial charge in [0.2, 0.25) is 11.8 Å². The van der Waals surface area contributed by atoms with Crippen molar-refractivity contribution < 1.29 is 9.59 Å². The van der Waals surface area contributed by atoms with Crippen molar-refractivity contribution in [3.05, 3.63) is 23.3 Å². The van der Waals surface area contributed by atoms with Gasteiger partial charge in [0.25, 0.3) is 0 Å². The third-order valence-electron chi connectivity index (χ3n) is 6.87. The van der Waals surface area contributed by atoms with Gasteiger partial charge in [-0.25, -0.2) is 9.97 Å². The van der Waals surface area contributed by atoms with Crippen molar-refractivity contribution in [3.63, 3.8) is 0 Å². The number of carbonyl (C=O) groups excluding carboxylic acids is 2. The van der Waals surface area contributed by atoms with Crippen LogP contribution in [0, 0.1) is 0 Å². The van der Waals surface area contributed by atoms with Gasteiger partial charge >= 0.3 is 0 Å². The highest BCUT2D eigenvalue weighted by Crippen LogP contribution is 2.27. The van der Waals surface area contributed by atoms with Crippen molar-refractivity contribution >= 4 is 11.8 Å². The molecular formula is C22H33N5O2. The van der Waals surface area contributed by atoms with E-state index in [-0.39, 0.29) is 17.9 Å². The van der Waals surface area contributed by atoms with Gasteiger partial charge in [-0.05, 0) is 45.7 Å². The highest BCUT2D eigenvalue weighted by molar-refractivity contribution is 5.81. The molecule has 2 amide bonds. The molecule has 2 saturated heterocycles. The van der Waals surface area contributed by atoms with Crippen LogP contribution in [0.5, 0.6) is 0 Å². The molecule has 29 heavy (non-hydrogen) atoms. The number of nitrogens with zero attached hydrogens (tertiary/aromatic N) is 5. The summed E-state index contributed by atoms with van der Waals surface area (Å²) in [6, 6.07) is -0.0384. The highest BCUT2D eigenvalue weighted by atomic mass is 16.2. The van der Waals surface area contributed by atoms with Gasteiger partial charge in [-0.2, -0.15) is 0 Å². The first-order valence-corrected chi connectivity index (χ1v) is 11.2. The third kappa shape index (κ3) is 4.44.